The van der Waals surface area contributed by atoms with Gasteiger partial charge in [-0.25, -0.2) is 13.8 Å². The standard InChI is InChI=1S/C27H25F2N3O2/c1-16-6-5-7-17(2)24(16)32-15-18(8-11-22(32)33)23-25(20-10-9-19(28)14-21(20)29)34-26(30-23)27(12-13-27)31(3)4/h5-11,14-15H,12-13H2,1-4H3. The summed E-state index contributed by atoms with van der Waals surface area (Å²) < 4.78 is 36.2. The first-order valence-corrected chi connectivity index (χ1v) is 11.1. The van der Waals surface area contributed by atoms with Gasteiger partial charge in [0.25, 0.3) is 5.56 Å². The molecule has 0 radical (unpaired) electrons. The second-order valence-corrected chi connectivity index (χ2v) is 9.11. The van der Waals surface area contributed by atoms with Crippen molar-refractivity contribution in [3.8, 4) is 28.3 Å². The van der Waals surface area contributed by atoms with Gasteiger partial charge in [0, 0.05) is 23.9 Å². The number of hydrogen-bond donors (Lipinski definition) is 0. The smallest absolute Gasteiger partial charge is 0.255 e. The lowest BCUT2D eigenvalue weighted by molar-refractivity contribution is 0.228. The molecular formula is C27H25F2N3O2. The zero-order chi connectivity index (χ0) is 24.2. The van der Waals surface area contributed by atoms with Gasteiger partial charge in [-0.05, 0) is 70.1 Å². The third kappa shape index (κ3) is 3.56. The number of benzene rings is 2. The van der Waals surface area contributed by atoms with Gasteiger partial charge >= 0.3 is 0 Å². The third-order valence-electron chi connectivity index (χ3n) is 6.65. The van der Waals surface area contributed by atoms with Crippen LogP contribution in [0.25, 0.3) is 28.3 Å². The maximum atomic E-state index is 14.8. The Bertz CT molecular complexity index is 1440. The fraction of sp³-hybridized carbons (Fsp3) is 0.259. The molecule has 174 valence electrons. The monoisotopic (exact) mass is 461 g/mol. The van der Waals surface area contributed by atoms with Crippen LogP contribution in [0.4, 0.5) is 8.78 Å². The van der Waals surface area contributed by atoms with Crippen LogP contribution in [0.5, 0.6) is 0 Å². The van der Waals surface area contributed by atoms with Crippen LogP contribution in [0.2, 0.25) is 0 Å². The summed E-state index contributed by atoms with van der Waals surface area (Å²) in [6.45, 7) is 3.89. The largest absolute Gasteiger partial charge is 0.438 e. The summed E-state index contributed by atoms with van der Waals surface area (Å²) in [6, 6.07) is 12.4. The van der Waals surface area contributed by atoms with Crippen LogP contribution < -0.4 is 5.56 Å². The van der Waals surface area contributed by atoms with Crippen molar-refractivity contribution >= 4 is 0 Å². The van der Waals surface area contributed by atoms with Crippen LogP contribution in [0.15, 0.2) is 63.9 Å². The minimum atomic E-state index is -0.735. The predicted molar refractivity (Wildman–Crippen MR) is 127 cm³/mol. The van der Waals surface area contributed by atoms with Gasteiger partial charge < -0.3 is 4.42 Å². The van der Waals surface area contributed by atoms with E-state index in [-0.39, 0.29) is 22.4 Å². The van der Waals surface area contributed by atoms with Crippen molar-refractivity contribution in [2.75, 3.05) is 14.1 Å². The van der Waals surface area contributed by atoms with E-state index in [9.17, 15) is 13.6 Å². The zero-order valence-corrected chi connectivity index (χ0v) is 19.5. The zero-order valence-electron chi connectivity index (χ0n) is 19.5. The Balaban J connectivity index is 1.74. The van der Waals surface area contributed by atoms with Gasteiger partial charge in [0.05, 0.1) is 16.8 Å². The highest BCUT2D eigenvalue weighted by atomic mass is 19.1. The van der Waals surface area contributed by atoms with Gasteiger partial charge in [-0.15, -0.1) is 0 Å². The Morgan fingerprint density at radius 3 is 2.35 bits per heavy atom. The van der Waals surface area contributed by atoms with Crippen molar-refractivity contribution in [3.63, 3.8) is 0 Å². The molecule has 0 spiro atoms. The van der Waals surface area contributed by atoms with Crippen LogP contribution in [0.3, 0.4) is 0 Å². The Labute approximate surface area is 196 Å². The highest BCUT2D eigenvalue weighted by molar-refractivity contribution is 5.77. The summed E-state index contributed by atoms with van der Waals surface area (Å²) in [4.78, 5) is 19.7. The van der Waals surface area contributed by atoms with Crippen molar-refractivity contribution in [1.29, 1.82) is 0 Å². The molecule has 1 saturated carbocycles. The molecule has 4 aromatic rings. The number of halogens is 2. The quantitative estimate of drug-likeness (QED) is 0.388. The Hall–Kier alpha value is -3.58. The molecule has 0 saturated heterocycles. The Kier molecular flexibility index (Phi) is 5.24. The second-order valence-electron chi connectivity index (χ2n) is 9.11. The average molecular weight is 462 g/mol. The molecule has 0 N–H and O–H groups in total. The summed E-state index contributed by atoms with van der Waals surface area (Å²) in [5, 5.41) is 0. The van der Waals surface area contributed by atoms with E-state index in [4.69, 9.17) is 9.40 Å². The molecular weight excluding hydrogens is 436 g/mol. The lowest BCUT2D eigenvalue weighted by atomic mass is 10.1. The molecule has 7 heteroatoms. The minimum Gasteiger partial charge on any atom is -0.438 e. The van der Waals surface area contributed by atoms with E-state index in [2.05, 4.69) is 0 Å². The van der Waals surface area contributed by atoms with Crippen LogP contribution in [0.1, 0.15) is 29.9 Å². The summed E-state index contributed by atoms with van der Waals surface area (Å²) >= 11 is 0. The third-order valence-corrected chi connectivity index (χ3v) is 6.65. The molecule has 34 heavy (non-hydrogen) atoms. The van der Waals surface area contributed by atoms with Gasteiger partial charge in [0.15, 0.2) is 5.76 Å². The van der Waals surface area contributed by atoms with Crippen LogP contribution in [-0.4, -0.2) is 28.5 Å². The minimum absolute atomic E-state index is 0.120. The Morgan fingerprint density at radius 2 is 1.74 bits per heavy atom. The normalized spacial score (nSPS) is 14.6. The summed E-state index contributed by atoms with van der Waals surface area (Å²) in [5.41, 5.74) is 3.29. The van der Waals surface area contributed by atoms with Gasteiger partial charge in [-0.2, -0.15) is 0 Å². The number of oxazole rings is 1. The lowest BCUT2D eigenvalue weighted by Crippen LogP contribution is -2.27. The summed E-state index contributed by atoms with van der Waals surface area (Å²) in [7, 11) is 3.91. The van der Waals surface area contributed by atoms with Gasteiger partial charge in [0.2, 0.25) is 5.89 Å². The molecule has 2 heterocycles. The average Bonchev–Trinajstić information content (AvgIpc) is 3.49. The number of para-hydroxylation sites is 1. The van der Waals surface area contributed by atoms with Crippen molar-refractivity contribution in [1.82, 2.24) is 14.5 Å². The first-order valence-electron chi connectivity index (χ1n) is 11.1. The molecule has 5 rings (SSSR count). The maximum Gasteiger partial charge on any atom is 0.255 e. The van der Waals surface area contributed by atoms with E-state index in [1.165, 1.54) is 18.2 Å². The van der Waals surface area contributed by atoms with Gasteiger partial charge in [-0.1, -0.05) is 18.2 Å². The molecule has 2 aromatic carbocycles. The highest BCUT2D eigenvalue weighted by Crippen LogP contribution is 2.51. The van der Waals surface area contributed by atoms with Crippen molar-refractivity contribution in [2.45, 2.75) is 32.2 Å². The molecule has 0 bridgehead atoms. The maximum absolute atomic E-state index is 14.8. The molecule has 0 atom stereocenters. The number of nitrogens with zero attached hydrogens (tertiary/aromatic N) is 3. The molecule has 0 aliphatic heterocycles. The van der Waals surface area contributed by atoms with E-state index in [1.54, 1.807) is 16.8 Å². The number of pyridine rings is 1. The number of rotatable bonds is 5. The van der Waals surface area contributed by atoms with Gasteiger partial charge in [-0.3, -0.25) is 14.3 Å². The molecule has 1 aliphatic rings. The van der Waals surface area contributed by atoms with Crippen molar-refractivity contribution in [3.05, 3.63) is 93.7 Å². The van der Waals surface area contributed by atoms with E-state index in [0.717, 1.165) is 35.7 Å². The lowest BCUT2D eigenvalue weighted by Gasteiger charge is -2.19. The fourth-order valence-electron chi connectivity index (χ4n) is 4.53. The number of aryl methyl sites for hydroxylation is 2. The number of hydrogen-bond acceptors (Lipinski definition) is 4. The molecule has 0 amide bonds. The van der Waals surface area contributed by atoms with E-state index >= 15 is 0 Å². The highest BCUT2D eigenvalue weighted by Gasteiger charge is 2.51. The van der Waals surface area contributed by atoms with E-state index in [1.807, 2.05) is 51.0 Å². The van der Waals surface area contributed by atoms with Crippen LogP contribution in [-0.2, 0) is 5.54 Å². The Morgan fingerprint density at radius 1 is 1.03 bits per heavy atom. The molecule has 1 aliphatic carbocycles. The van der Waals surface area contributed by atoms with Crippen molar-refractivity contribution in [2.24, 2.45) is 0 Å². The molecule has 1 fully saturated rings. The SMILES string of the molecule is Cc1cccc(C)c1-n1cc(-c2nc(C3(N(C)C)CC3)oc2-c2ccc(F)cc2F)ccc1=O. The fourth-order valence-corrected chi connectivity index (χ4v) is 4.53. The molecule has 2 aromatic heterocycles. The van der Waals surface area contributed by atoms with Crippen molar-refractivity contribution < 1.29 is 13.2 Å². The predicted octanol–water partition coefficient (Wildman–Crippen LogP) is 5.61. The van der Waals surface area contributed by atoms with Gasteiger partial charge in [0.1, 0.15) is 17.3 Å². The summed E-state index contributed by atoms with van der Waals surface area (Å²) in [6.07, 6.45) is 3.44. The van der Waals surface area contributed by atoms with Crippen LogP contribution in [0, 0.1) is 25.5 Å². The molecule has 5 nitrogen and oxygen atoms in total. The van der Waals surface area contributed by atoms with E-state index in [0.29, 0.717) is 17.1 Å². The second kappa shape index (κ2) is 8.02. The van der Waals surface area contributed by atoms with E-state index < -0.39 is 11.6 Å². The first-order chi connectivity index (χ1) is 16.2. The number of aromatic nitrogens is 2. The summed E-state index contributed by atoms with van der Waals surface area (Å²) in [5.74, 6) is -0.705. The first kappa shape index (κ1) is 22.2. The van der Waals surface area contributed by atoms with Crippen LogP contribution >= 0.6 is 0 Å². The molecule has 0 unspecified atom stereocenters. The topological polar surface area (TPSA) is 51.3 Å².